The Bertz CT molecular complexity index is 597. The van der Waals surface area contributed by atoms with Gasteiger partial charge >= 0.3 is 6.09 Å². The van der Waals surface area contributed by atoms with Crippen LogP contribution in [0.1, 0.15) is 71.6 Å². The summed E-state index contributed by atoms with van der Waals surface area (Å²) < 4.78 is 10.9. The van der Waals surface area contributed by atoms with Gasteiger partial charge in [0.1, 0.15) is 5.60 Å². The van der Waals surface area contributed by atoms with E-state index in [1.54, 1.807) is 0 Å². The fraction of sp³-hybridized carbons (Fsp3) is 0.850. The van der Waals surface area contributed by atoms with Crippen LogP contribution in [0, 0.1) is 5.92 Å². The van der Waals surface area contributed by atoms with Crippen LogP contribution in [0.5, 0.6) is 0 Å². The molecule has 0 atom stereocenters. The minimum absolute atomic E-state index is 0.183. The molecule has 0 N–H and O–H groups in total. The maximum absolute atomic E-state index is 12.1. The number of nitrogens with zero attached hydrogens (tertiary/aromatic N) is 4. The van der Waals surface area contributed by atoms with E-state index in [0.29, 0.717) is 5.92 Å². The predicted molar refractivity (Wildman–Crippen MR) is 104 cm³/mol. The number of amides is 1. The van der Waals surface area contributed by atoms with E-state index < -0.39 is 5.60 Å². The van der Waals surface area contributed by atoms with E-state index in [-0.39, 0.29) is 6.09 Å². The smallest absolute Gasteiger partial charge is 0.410 e. The van der Waals surface area contributed by atoms with Crippen molar-refractivity contribution in [3.05, 3.63) is 5.89 Å². The molecule has 152 valence electrons. The van der Waals surface area contributed by atoms with Crippen molar-refractivity contribution >= 4 is 12.0 Å². The fourth-order valence-corrected chi connectivity index (χ4v) is 3.84. The average Bonchev–Trinajstić information content (AvgIpc) is 3.10. The Labute approximate surface area is 162 Å². The van der Waals surface area contributed by atoms with Gasteiger partial charge in [-0.3, -0.25) is 0 Å². The molecule has 2 fully saturated rings. The molecule has 1 aromatic heterocycles. The second-order valence-electron chi connectivity index (χ2n) is 8.84. The number of aromatic nitrogens is 2. The Hall–Kier alpha value is -1.79. The van der Waals surface area contributed by atoms with Crippen LogP contribution in [0.25, 0.3) is 0 Å². The summed E-state index contributed by atoms with van der Waals surface area (Å²) in [5.41, 5.74) is -0.426. The molecule has 2 aliphatic heterocycles. The van der Waals surface area contributed by atoms with E-state index in [0.717, 1.165) is 70.1 Å². The lowest BCUT2D eigenvalue weighted by Gasteiger charge is -2.33. The number of hydrogen-bond donors (Lipinski definition) is 0. The maximum atomic E-state index is 12.1. The Kier molecular flexibility index (Phi) is 6.60. The SMILES string of the molecule is CC(C)(C)OC(=O)N1CCC(CCCc2nc(N3CCCCC3)no2)CC1. The maximum Gasteiger partial charge on any atom is 0.410 e. The van der Waals surface area contributed by atoms with Crippen LogP contribution >= 0.6 is 0 Å². The van der Waals surface area contributed by atoms with Gasteiger partial charge in [0.2, 0.25) is 5.89 Å². The molecule has 1 aromatic rings. The Morgan fingerprint density at radius 2 is 1.85 bits per heavy atom. The molecule has 0 aliphatic carbocycles. The number of carbonyl (C=O) groups excluding carboxylic acids is 1. The minimum atomic E-state index is -0.426. The van der Waals surface area contributed by atoms with Crippen molar-refractivity contribution in [2.45, 2.75) is 77.7 Å². The van der Waals surface area contributed by atoms with Crippen LogP contribution in [-0.2, 0) is 11.2 Å². The molecule has 0 radical (unpaired) electrons. The van der Waals surface area contributed by atoms with Gasteiger partial charge in [0.25, 0.3) is 5.95 Å². The van der Waals surface area contributed by atoms with E-state index >= 15 is 0 Å². The van der Waals surface area contributed by atoms with Crippen LogP contribution in [0.4, 0.5) is 10.7 Å². The second-order valence-corrected chi connectivity index (χ2v) is 8.84. The van der Waals surface area contributed by atoms with E-state index in [1.807, 2.05) is 25.7 Å². The average molecular weight is 379 g/mol. The van der Waals surface area contributed by atoms with Gasteiger partial charge < -0.3 is 19.1 Å². The third-order valence-corrected chi connectivity index (χ3v) is 5.37. The van der Waals surface area contributed by atoms with Gasteiger partial charge in [0.15, 0.2) is 0 Å². The molecule has 1 amide bonds. The molecular weight excluding hydrogens is 344 g/mol. The normalized spacial score (nSPS) is 19.4. The van der Waals surface area contributed by atoms with Gasteiger partial charge in [-0.25, -0.2) is 4.79 Å². The van der Waals surface area contributed by atoms with Gasteiger partial charge in [-0.1, -0.05) is 0 Å². The Morgan fingerprint density at radius 1 is 1.15 bits per heavy atom. The first-order valence-electron chi connectivity index (χ1n) is 10.5. The summed E-state index contributed by atoms with van der Waals surface area (Å²) in [5, 5.41) is 4.15. The zero-order chi connectivity index (χ0) is 19.3. The lowest BCUT2D eigenvalue weighted by atomic mass is 9.92. The summed E-state index contributed by atoms with van der Waals surface area (Å²) >= 11 is 0. The summed E-state index contributed by atoms with van der Waals surface area (Å²) in [4.78, 5) is 20.8. The first-order valence-corrected chi connectivity index (χ1v) is 10.5. The molecule has 0 spiro atoms. The van der Waals surface area contributed by atoms with Crippen molar-refractivity contribution in [1.82, 2.24) is 15.0 Å². The monoisotopic (exact) mass is 378 g/mol. The van der Waals surface area contributed by atoms with Gasteiger partial charge in [0.05, 0.1) is 0 Å². The quantitative estimate of drug-likeness (QED) is 0.770. The first kappa shape index (κ1) is 20.0. The van der Waals surface area contributed by atoms with Gasteiger partial charge in [-0.15, -0.1) is 0 Å². The number of ether oxygens (including phenoxy) is 1. The zero-order valence-corrected chi connectivity index (χ0v) is 17.1. The number of likely N-dealkylation sites (tertiary alicyclic amines) is 1. The van der Waals surface area contributed by atoms with E-state index in [2.05, 4.69) is 15.0 Å². The van der Waals surface area contributed by atoms with E-state index in [4.69, 9.17) is 9.26 Å². The second kappa shape index (κ2) is 8.93. The van der Waals surface area contributed by atoms with Crippen LogP contribution in [0.15, 0.2) is 4.52 Å². The minimum Gasteiger partial charge on any atom is -0.444 e. The van der Waals surface area contributed by atoms with E-state index in [9.17, 15) is 4.79 Å². The van der Waals surface area contributed by atoms with Crippen molar-refractivity contribution < 1.29 is 14.1 Å². The molecule has 0 saturated carbocycles. The lowest BCUT2D eigenvalue weighted by Crippen LogP contribution is -2.41. The number of aryl methyl sites for hydroxylation is 1. The molecule has 0 bridgehead atoms. The van der Waals surface area contributed by atoms with E-state index in [1.165, 1.54) is 19.3 Å². The number of hydrogen-bond acceptors (Lipinski definition) is 6. The summed E-state index contributed by atoms with van der Waals surface area (Å²) in [5.74, 6) is 2.17. The van der Waals surface area contributed by atoms with Crippen LogP contribution in [0.2, 0.25) is 0 Å². The topological polar surface area (TPSA) is 71.7 Å². The predicted octanol–water partition coefficient (Wildman–Crippen LogP) is 4.03. The lowest BCUT2D eigenvalue weighted by molar-refractivity contribution is 0.0180. The molecule has 7 nitrogen and oxygen atoms in total. The van der Waals surface area contributed by atoms with Crippen molar-refractivity contribution in [3.63, 3.8) is 0 Å². The number of piperidine rings is 2. The first-order chi connectivity index (χ1) is 12.9. The Balaban J connectivity index is 1.35. The molecule has 0 aromatic carbocycles. The number of anilines is 1. The molecule has 0 unspecified atom stereocenters. The third-order valence-electron chi connectivity index (χ3n) is 5.37. The van der Waals surface area contributed by atoms with Crippen molar-refractivity contribution in [1.29, 1.82) is 0 Å². The van der Waals surface area contributed by atoms with Crippen molar-refractivity contribution in [2.75, 3.05) is 31.1 Å². The summed E-state index contributed by atoms with van der Waals surface area (Å²) in [6, 6.07) is 0. The molecule has 7 heteroatoms. The zero-order valence-electron chi connectivity index (χ0n) is 17.1. The molecule has 3 rings (SSSR count). The van der Waals surface area contributed by atoms with Crippen LogP contribution in [0.3, 0.4) is 0 Å². The largest absolute Gasteiger partial charge is 0.444 e. The number of carbonyl (C=O) groups is 1. The van der Waals surface area contributed by atoms with Crippen molar-refractivity contribution in [2.24, 2.45) is 5.92 Å². The molecular formula is C20H34N4O3. The van der Waals surface area contributed by atoms with Gasteiger partial charge in [-0.05, 0) is 76.8 Å². The summed E-state index contributed by atoms with van der Waals surface area (Å²) in [6.45, 7) is 9.38. The summed E-state index contributed by atoms with van der Waals surface area (Å²) in [7, 11) is 0. The number of rotatable bonds is 5. The molecule has 2 aliphatic rings. The fourth-order valence-electron chi connectivity index (χ4n) is 3.84. The molecule has 3 heterocycles. The highest BCUT2D eigenvalue weighted by atomic mass is 16.6. The highest BCUT2D eigenvalue weighted by Crippen LogP contribution is 2.24. The third kappa shape index (κ3) is 6.11. The Morgan fingerprint density at radius 3 is 2.52 bits per heavy atom. The molecule has 27 heavy (non-hydrogen) atoms. The van der Waals surface area contributed by atoms with Gasteiger partial charge in [0, 0.05) is 32.6 Å². The van der Waals surface area contributed by atoms with Crippen LogP contribution < -0.4 is 4.90 Å². The molecule has 2 saturated heterocycles. The standard InChI is InChI=1S/C20H34N4O3/c1-20(2,3)26-19(25)24-14-10-16(11-15-24)8-7-9-17-21-18(22-27-17)23-12-5-4-6-13-23/h16H,4-15H2,1-3H3. The van der Waals surface area contributed by atoms with Crippen LogP contribution in [-0.4, -0.2) is 52.9 Å². The van der Waals surface area contributed by atoms with Gasteiger partial charge in [-0.2, -0.15) is 4.98 Å². The summed E-state index contributed by atoms with van der Waals surface area (Å²) in [6.07, 6.45) is 8.67. The highest BCUT2D eigenvalue weighted by Gasteiger charge is 2.26. The highest BCUT2D eigenvalue weighted by molar-refractivity contribution is 5.68. The van der Waals surface area contributed by atoms with Crippen molar-refractivity contribution in [3.8, 4) is 0 Å².